The number of carbonyl (C=O) groups excluding carboxylic acids is 1. The topological polar surface area (TPSA) is 17.1 Å². The maximum Gasteiger partial charge on any atom is 0.143 e. The predicted octanol–water partition coefficient (Wildman–Crippen LogP) is 3.10. The van der Waals surface area contributed by atoms with E-state index in [0.717, 1.165) is 19.3 Å². The number of ketones is 1. The van der Waals surface area contributed by atoms with Gasteiger partial charge in [-0.1, -0.05) is 18.6 Å². The van der Waals surface area contributed by atoms with E-state index in [-0.39, 0.29) is 5.41 Å². The standard InChI is InChI=1S/C12H18O/c1-9-5-3-6-10-7-4-8-11(13)12(9,10)2/h6,9H,3-5,7-8H2,1-2H3/t9-,12-/m1/s1. The third kappa shape index (κ3) is 1.17. The van der Waals surface area contributed by atoms with Gasteiger partial charge in [0.25, 0.3) is 0 Å². The smallest absolute Gasteiger partial charge is 0.143 e. The summed E-state index contributed by atoms with van der Waals surface area (Å²) in [6, 6.07) is 0. The minimum atomic E-state index is -0.0868. The molecule has 0 aromatic carbocycles. The van der Waals surface area contributed by atoms with Crippen LogP contribution < -0.4 is 0 Å². The first-order valence-electron chi connectivity index (χ1n) is 5.38. The van der Waals surface area contributed by atoms with Crippen molar-refractivity contribution in [3.63, 3.8) is 0 Å². The van der Waals surface area contributed by atoms with E-state index >= 15 is 0 Å². The molecule has 0 saturated heterocycles. The SMILES string of the molecule is C[C@@H]1CCC=C2CCCC(=O)[C@@]21C. The van der Waals surface area contributed by atoms with Crippen LogP contribution in [0.3, 0.4) is 0 Å². The average Bonchev–Trinajstić information content (AvgIpc) is 2.10. The fourth-order valence-electron chi connectivity index (χ4n) is 2.84. The summed E-state index contributed by atoms with van der Waals surface area (Å²) in [5.41, 5.74) is 1.35. The maximum atomic E-state index is 11.9. The first-order chi connectivity index (χ1) is 6.15. The third-order valence-corrected chi connectivity index (χ3v) is 4.07. The summed E-state index contributed by atoms with van der Waals surface area (Å²) >= 11 is 0. The molecule has 0 spiro atoms. The molecule has 0 aliphatic heterocycles. The van der Waals surface area contributed by atoms with Crippen LogP contribution in [0.4, 0.5) is 0 Å². The van der Waals surface area contributed by atoms with Crippen LogP contribution in [0.25, 0.3) is 0 Å². The van der Waals surface area contributed by atoms with Crippen molar-refractivity contribution >= 4 is 5.78 Å². The van der Waals surface area contributed by atoms with Crippen molar-refractivity contribution in [1.82, 2.24) is 0 Å². The van der Waals surface area contributed by atoms with Gasteiger partial charge in [0, 0.05) is 11.8 Å². The quantitative estimate of drug-likeness (QED) is 0.521. The van der Waals surface area contributed by atoms with E-state index in [0.29, 0.717) is 11.7 Å². The van der Waals surface area contributed by atoms with Gasteiger partial charge in [0.05, 0.1) is 0 Å². The van der Waals surface area contributed by atoms with Crippen LogP contribution in [0.1, 0.15) is 46.0 Å². The molecule has 1 fully saturated rings. The molecule has 13 heavy (non-hydrogen) atoms. The van der Waals surface area contributed by atoms with Crippen molar-refractivity contribution in [2.75, 3.05) is 0 Å². The Labute approximate surface area is 80.2 Å². The average molecular weight is 178 g/mol. The Morgan fingerprint density at radius 3 is 2.92 bits per heavy atom. The molecule has 0 radical (unpaired) electrons. The Morgan fingerprint density at radius 1 is 1.46 bits per heavy atom. The minimum Gasteiger partial charge on any atom is -0.299 e. The summed E-state index contributed by atoms with van der Waals surface area (Å²) in [6.45, 7) is 4.39. The number of hydrogen-bond donors (Lipinski definition) is 0. The minimum absolute atomic E-state index is 0.0868. The van der Waals surface area contributed by atoms with Gasteiger partial charge >= 0.3 is 0 Å². The first kappa shape index (κ1) is 8.98. The zero-order chi connectivity index (χ0) is 9.47. The van der Waals surface area contributed by atoms with E-state index in [1.165, 1.54) is 18.4 Å². The second-order valence-electron chi connectivity index (χ2n) is 4.69. The summed E-state index contributed by atoms with van der Waals surface area (Å²) in [5.74, 6) is 1.04. The highest BCUT2D eigenvalue weighted by Crippen LogP contribution is 2.48. The Bertz CT molecular complexity index is 264. The highest BCUT2D eigenvalue weighted by molar-refractivity contribution is 5.89. The number of rotatable bonds is 0. The lowest BCUT2D eigenvalue weighted by molar-refractivity contribution is -0.130. The highest BCUT2D eigenvalue weighted by Gasteiger charge is 2.44. The monoisotopic (exact) mass is 178 g/mol. The van der Waals surface area contributed by atoms with Crippen LogP contribution in [0.2, 0.25) is 0 Å². The van der Waals surface area contributed by atoms with Crippen LogP contribution in [0.5, 0.6) is 0 Å². The van der Waals surface area contributed by atoms with Crippen molar-refractivity contribution in [2.45, 2.75) is 46.0 Å². The molecule has 0 bridgehead atoms. The van der Waals surface area contributed by atoms with Crippen LogP contribution >= 0.6 is 0 Å². The van der Waals surface area contributed by atoms with Gasteiger partial charge in [0.15, 0.2) is 0 Å². The van der Waals surface area contributed by atoms with E-state index < -0.39 is 0 Å². The molecule has 0 heterocycles. The normalized spacial score (nSPS) is 39.7. The molecule has 72 valence electrons. The fraction of sp³-hybridized carbons (Fsp3) is 0.750. The van der Waals surface area contributed by atoms with Crippen LogP contribution in [0, 0.1) is 11.3 Å². The highest BCUT2D eigenvalue weighted by atomic mass is 16.1. The van der Waals surface area contributed by atoms with E-state index in [2.05, 4.69) is 19.9 Å². The van der Waals surface area contributed by atoms with Gasteiger partial charge in [-0.05, 0) is 38.5 Å². The molecule has 0 amide bonds. The molecule has 2 atom stereocenters. The lowest BCUT2D eigenvalue weighted by Gasteiger charge is -2.42. The Morgan fingerprint density at radius 2 is 2.23 bits per heavy atom. The van der Waals surface area contributed by atoms with Gasteiger partial charge in [-0.2, -0.15) is 0 Å². The lowest BCUT2D eigenvalue weighted by Crippen LogP contribution is -2.40. The fourth-order valence-corrected chi connectivity index (χ4v) is 2.84. The van der Waals surface area contributed by atoms with Gasteiger partial charge in [-0.25, -0.2) is 0 Å². The van der Waals surface area contributed by atoms with Crippen molar-refractivity contribution in [3.8, 4) is 0 Å². The molecule has 2 aliphatic carbocycles. The third-order valence-electron chi connectivity index (χ3n) is 4.07. The number of hydrogen-bond acceptors (Lipinski definition) is 1. The van der Waals surface area contributed by atoms with Gasteiger partial charge in [0.1, 0.15) is 5.78 Å². The van der Waals surface area contributed by atoms with Crippen molar-refractivity contribution in [2.24, 2.45) is 11.3 Å². The van der Waals surface area contributed by atoms with Crippen molar-refractivity contribution in [3.05, 3.63) is 11.6 Å². The van der Waals surface area contributed by atoms with Crippen molar-refractivity contribution in [1.29, 1.82) is 0 Å². The Hall–Kier alpha value is -0.590. The number of allylic oxidation sites excluding steroid dienone is 2. The number of Topliss-reactive ketones (excluding diaryl/α,β-unsaturated/α-hetero) is 1. The molecule has 1 heteroatoms. The van der Waals surface area contributed by atoms with Gasteiger partial charge in [-0.15, -0.1) is 0 Å². The Balaban J connectivity index is 2.40. The zero-order valence-electron chi connectivity index (χ0n) is 8.60. The van der Waals surface area contributed by atoms with E-state index in [1.807, 2.05) is 0 Å². The molecular formula is C12H18O. The van der Waals surface area contributed by atoms with Crippen LogP contribution in [-0.4, -0.2) is 5.78 Å². The summed E-state index contributed by atoms with van der Waals surface area (Å²) in [7, 11) is 0. The number of carbonyl (C=O) groups is 1. The molecule has 0 unspecified atom stereocenters. The molecule has 2 aliphatic rings. The summed E-state index contributed by atoms with van der Waals surface area (Å²) in [6.07, 6.45) is 7.72. The van der Waals surface area contributed by atoms with Gasteiger partial charge in [-0.3, -0.25) is 4.79 Å². The molecule has 1 saturated carbocycles. The second-order valence-corrected chi connectivity index (χ2v) is 4.69. The summed E-state index contributed by atoms with van der Waals surface area (Å²) in [4.78, 5) is 11.9. The van der Waals surface area contributed by atoms with Gasteiger partial charge < -0.3 is 0 Å². The predicted molar refractivity (Wildman–Crippen MR) is 53.4 cm³/mol. The van der Waals surface area contributed by atoms with Gasteiger partial charge in [0.2, 0.25) is 0 Å². The largest absolute Gasteiger partial charge is 0.299 e. The molecular weight excluding hydrogens is 160 g/mol. The molecule has 0 N–H and O–H groups in total. The maximum absolute atomic E-state index is 11.9. The number of fused-ring (bicyclic) bond motifs is 1. The molecule has 2 rings (SSSR count). The molecule has 1 nitrogen and oxygen atoms in total. The van der Waals surface area contributed by atoms with E-state index in [9.17, 15) is 4.79 Å². The summed E-state index contributed by atoms with van der Waals surface area (Å²) in [5, 5.41) is 0. The second kappa shape index (κ2) is 2.97. The van der Waals surface area contributed by atoms with E-state index in [1.54, 1.807) is 0 Å². The first-order valence-corrected chi connectivity index (χ1v) is 5.38. The zero-order valence-corrected chi connectivity index (χ0v) is 8.60. The van der Waals surface area contributed by atoms with E-state index in [4.69, 9.17) is 0 Å². The van der Waals surface area contributed by atoms with Crippen molar-refractivity contribution < 1.29 is 4.79 Å². The molecule has 0 aromatic rings. The molecule has 0 aromatic heterocycles. The lowest BCUT2D eigenvalue weighted by atomic mass is 9.60. The Kier molecular flexibility index (Phi) is 2.05. The van der Waals surface area contributed by atoms with Crippen LogP contribution in [0.15, 0.2) is 11.6 Å². The van der Waals surface area contributed by atoms with Crippen LogP contribution in [-0.2, 0) is 4.79 Å². The summed E-state index contributed by atoms with van der Waals surface area (Å²) < 4.78 is 0.